The average molecular weight is 573 g/mol. The van der Waals surface area contributed by atoms with Gasteiger partial charge in [-0.15, -0.1) is 0 Å². The molecule has 2 aromatic carbocycles. The van der Waals surface area contributed by atoms with E-state index in [0.717, 1.165) is 11.3 Å². The van der Waals surface area contributed by atoms with Crippen LogP contribution in [0.25, 0.3) is 16.8 Å². The van der Waals surface area contributed by atoms with E-state index >= 15 is 0 Å². The minimum absolute atomic E-state index is 0.0525. The molecule has 0 spiro atoms. The number of para-hydroxylation sites is 1. The normalized spacial score (nSPS) is 11.4. The van der Waals surface area contributed by atoms with Gasteiger partial charge in [0.25, 0.3) is 0 Å². The van der Waals surface area contributed by atoms with Gasteiger partial charge in [0.2, 0.25) is 0 Å². The number of unbranched alkanes of at least 4 members (excludes halogenated alkanes) is 3. The Labute approximate surface area is 221 Å². The van der Waals surface area contributed by atoms with Crippen molar-refractivity contribution >= 4 is 24.7 Å². The van der Waals surface area contributed by atoms with Gasteiger partial charge in [0.15, 0.2) is 0 Å². The Bertz CT molecular complexity index is 1150. The van der Waals surface area contributed by atoms with Gasteiger partial charge >= 0.3 is 222 Å². The topological polar surface area (TPSA) is 45.8 Å². The molecule has 1 aromatic heterocycles. The first-order valence-corrected chi connectivity index (χ1v) is 16.0. The van der Waals surface area contributed by atoms with Crippen LogP contribution < -0.4 is 9.14 Å². The number of rotatable bonds is 13. The van der Waals surface area contributed by atoms with E-state index in [9.17, 15) is 10.1 Å². The predicted molar refractivity (Wildman–Crippen MR) is 149 cm³/mol. The molecule has 182 valence electrons. The Hall–Kier alpha value is -2.32. The summed E-state index contributed by atoms with van der Waals surface area (Å²) in [6, 6.07) is 21.9. The maximum atomic E-state index is 13.7. The number of aromatic nitrogens is 1. The number of hydrogen-bond acceptors (Lipinski definition) is 2. The molecule has 0 atom stereocenters. The molecular formula is C31H38N2OSn. The molecule has 0 aliphatic carbocycles. The van der Waals surface area contributed by atoms with Crippen LogP contribution in [0.3, 0.4) is 0 Å². The predicted octanol–water partition coefficient (Wildman–Crippen LogP) is 7.43. The Morgan fingerprint density at radius 1 is 0.829 bits per heavy atom. The molecule has 0 unspecified atom stereocenters. The second-order valence-corrected chi connectivity index (χ2v) is 14.9. The Morgan fingerprint density at radius 2 is 1.40 bits per heavy atom. The number of benzene rings is 2. The van der Waals surface area contributed by atoms with Crippen molar-refractivity contribution < 1.29 is 0 Å². The van der Waals surface area contributed by atoms with Crippen molar-refractivity contribution in [3.05, 3.63) is 82.8 Å². The van der Waals surface area contributed by atoms with Crippen molar-refractivity contribution in [2.24, 2.45) is 0 Å². The summed E-state index contributed by atoms with van der Waals surface area (Å²) in [5.41, 5.74) is 2.78. The zero-order valence-electron chi connectivity index (χ0n) is 21.5. The van der Waals surface area contributed by atoms with Crippen molar-refractivity contribution in [3.8, 4) is 22.9 Å². The van der Waals surface area contributed by atoms with Gasteiger partial charge in [-0.2, -0.15) is 0 Å². The van der Waals surface area contributed by atoms with Crippen LogP contribution in [0.15, 0.2) is 71.7 Å². The fourth-order valence-corrected chi connectivity index (χ4v) is 10.4. The molecule has 0 saturated carbocycles. The van der Waals surface area contributed by atoms with Gasteiger partial charge in [-0.3, -0.25) is 0 Å². The fraction of sp³-hybridized carbons (Fsp3) is 0.419. The second-order valence-electron chi connectivity index (χ2n) is 9.53. The van der Waals surface area contributed by atoms with Gasteiger partial charge in [-0.1, -0.05) is 0 Å². The maximum absolute atomic E-state index is 13.7. The average Bonchev–Trinajstić information content (AvgIpc) is 2.90. The van der Waals surface area contributed by atoms with E-state index in [1.807, 2.05) is 59.2 Å². The Morgan fingerprint density at radius 3 is 1.97 bits per heavy atom. The molecule has 0 aliphatic rings. The van der Waals surface area contributed by atoms with Gasteiger partial charge in [-0.25, -0.2) is 0 Å². The standard InChI is InChI=1S/C18H11N2O.C13H27.Sn/c19-13-14-7-4-5-10-16(14)17-11-6-12-20(18(17)21)15-8-2-1-3-9-15;1-4-7-10-13(11-8-5-2)12-9-6-3;/h1-5,7-12H;4-12H2,1-3H3;. The third-order valence-corrected chi connectivity index (χ3v) is 12.1. The summed E-state index contributed by atoms with van der Waals surface area (Å²) in [4.78, 5) is 13.7. The van der Waals surface area contributed by atoms with Crippen LogP contribution in [-0.4, -0.2) is 25.7 Å². The Balaban J connectivity index is 2.19. The van der Waals surface area contributed by atoms with Crippen LogP contribution in [-0.2, 0) is 0 Å². The monoisotopic (exact) mass is 574 g/mol. The number of nitrogens with zero attached hydrogens (tertiary/aromatic N) is 2. The van der Waals surface area contributed by atoms with Crippen molar-refractivity contribution in [2.45, 2.75) is 82.0 Å². The summed E-state index contributed by atoms with van der Waals surface area (Å²) in [5, 5.41) is 9.76. The Kier molecular flexibility index (Phi) is 10.7. The number of pyridine rings is 1. The van der Waals surface area contributed by atoms with Crippen LogP contribution in [0.1, 0.15) is 84.1 Å². The first-order valence-electron chi connectivity index (χ1n) is 13.2. The van der Waals surface area contributed by atoms with Gasteiger partial charge in [0, 0.05) is 0 Å². The van der Waals surface area contributed by atoms with Gasteiger partial charge in [-0.05, 0) is 0 Å². The van der Waals surface area contributed by atoms with Crippen molar-refractivity contribution in [3.63, 3.8) is 0 Å². The molecule has 0 amide bonds. The van der Waals surface area contributed by atoms with Gasteiger partial charge in [0.1, 0.15) is 0 Å². The summed E-state index contributed by atoms with van der Waals surface area (Å²) in [6.45, 7) is 6.88. The molecule has 2 radical (unpaired) electrons. The first kappa shape index (κ1) is 27.3. The van der Waals surface area contributed by atoms with Crippen LogP contribution >= 0.6 is 0 Å². The number of nitriles is 1. The van der Waals surface area contributed by atoms with E-state index in [1.165, 1.54) is 61.4 Å². The van der Waals surface area contributed by atoms with E-state index < -0.39 is 21.1 Å². The third-order valence-electron chi connectivity index (χ3n) is 6.83. The van der Waals surface area contributed by atoms with Crippen LogP contribution in [0.5, 0.6) is 0 Å². The van der Waals surface area contributed by atoms with E-state index in [0.29, 0.717) is 14.6 Å². The zero-order chi connectivity index (χ0) is 25.1. The molecule has 0 fully saturated rings. The van der Waals surface area contributed by atoms with Crippen molar-refractivity contribution in [2.75, 3.05) is 0 Å². The molecule has 0 bridgehead atoms. The van der Waals surface area contributed by atoms with E-state index in [1.54, 1.807) is 0 Å². The quantitative estimate of drug-likeness (QED) is 0.200. The SMILES string of the molecule is CCCC[C](CCCC)(CCCC)[Sn][c]1cc(-c2ccccc2C#N)c(=O)n(-c2ccccc2)c1. The van der Waals surface area contributed by atoms with E-state index in [2.05, 4.69) is 39.1 Å². The number of hydrogen-bond donors (Lipinski definition) is 0. The summed E-state index contributed by atoms with van der Waals surface area (Å²) in [5.74, 6) is 0. The van der Waals surface area contributed by atoms with Gasteiger partial charge < -0.3 is 0 Å². The molecule has 3 aromatic rings. The second kappa shape index (κ2) is 13.7. The molecule has 0 saturated heterocycles. The first-order chi connectivity index (χ1) is 17.1. The zero-order valence-corrected chi connectivity index (χ0v) is 24.4. The van der Waals surface area contributed by atoms with Gasteiger partial charge in [0.05, 0.1) is 0 Å². The fourth-order valence-electron chi connectivity index (χ4n) is 4.85. The molecule has 1 heterocycles. The summed E-state index contributed by atoms with van der Waals surface area (Å²) >= 11 is -1.07. The van der Waals surface area contributed by atoms with Crippen molar-refractivity contribution in [1.29, 1.82) is 5.26 Å². The molecule has 0 aliphatic heterocycles. The van der Waals surface area contributed by atoms with Crippen LogP contribution in [0.4, 0.5) is 0 Å². The molecule has 3 nitrogen and oxygen atoms in total. The van der Waals surface area contributed by atoms with E-state index in [4.69, 9.17) is 0 Å². The van der Waals surface area contributed by atoms with Crippen LogP contribution in [0, 0.1) is 11.3 Å². The van der Waals surface area contributed by atoms with Crippen molar-refractivity contribution in [1.82, 2.24) is 4.57 Å². The van der Waals surface area contributed by atoms with Crippen LogP contribution in [0.2, 0.25) is 3.43 Å². The summed E-state index contributed by atoms with van der Waals surface area (Å²) in [6.07, 6.45) is 13.5. The molecule has 35 heavy (non-hydrogen) atoms. The minimum atomic E-state index is -1.07. The summed E-state index contributed by atoms with van der Waals surface area (Å²) in [7, 11) is 0. The molecular weight excluding hydrogens is 535 g/mol. The molecule has 0 N–H and O–H groups in total. The molecule has 4 heteroatoms. The third kappa shape index (κ3) is 7.10. The van der Waals surface area contributed by atoms with E-state index in [-0.39, 0.29) is 5.56 Å². The summed E-state index contributed by atoms with van der Waals surface area (Å²) < 4.78 is 3.59. The molecule has 3 rings (SSSR count).